The van der Waals surface area contributed by atoms with Crippen LogP contribution in [0.3, 0.4) is 0 Å². The Kier molecular flexibility index (Phi) is 6.44. The molecule has 0 unspecified atom stereocenters. The molecule has 0 aliphatic heterocycles. The maximum atomic E-state index is 11.8. The van der Waals surface area contributed by atoms with Crippen molar-refractivity contribution in [2.24, 2.45) is 7.05 Å². The van der Waals surface area contributed by atoms with Crippen molar-refractivity contribution in [3.05, 3.63) is 52.3 Å². The molecule has 1 aromatic heterocycles. The predicted octanol–water partition coefficient (Wildman–Crippen LogP) is 2.21. The number of carbonyl (C=O) groups is 3. The van der Waals surface area contributed by atoms with Crippen LogP contribution in [0.5, 0.6) is 5.75 Å². The molecule has 0 atom stereocenters. The number of esters is 1. The number of hydrogen-bond donors (Lipinski definition) is 1. The Morgan fingerprint density at radius 2 is 1.92 bits per heavy atom. The summed E-state index contributed by atoms with van der Waals surface area (Å²) in [6, 6.07) is 7.74. The second-order valence-electron chi connectivity index (χ2n) is 4.91. The normalized spacial score (nSPS) is 10.2. The van der Waals surface area contributed by atoms with Crippen LogP contribution in [-0.2, 0) is 21.4 Å². The Balaban J connectivity index is 1.75. The van der Waals surface area contributed by atoms with Gasteiger partial charge in [0.15, 0.2) is 13.2 Å². The van der Waals surface area contributed by atoms with Crippen molar-refractivity contribution in [3.8, 4) is 5.75 Å². The lowest BCUT2D eigenvalue weighted by molar-refractivity contribution is -0.150. The molecule has 2 aromatic rings. The van der Waals surface area contributed by atoms with Crippen LogP contribution in [0, 0.1) is 0 Å². The van der Waals surface area contributed by atoms with Crippen molar-refractivity contribution in [2.45, 2.75) is 0 Å². The molecule has 0 bridgehead atoms. The summed E-state index contributed by atoms with van der Waals surface area (Å²) in [6.07, 6.45) is 1.67. The molecule has 1 aromatic carbocycles. The third-order valence-corrected chi connectivity index (χ3v) is 3.56. The largest absolute Gasteiger partial charge is 0.480 e. The number of rotatable bonds is 6. The van der Waals surface area contributed by atoms with Crippen LogP contribution in [0.2, 0.25) is 10.0 Å². The fourth-order valence-electron chi connectivity index (χ4n) is 1.84. The first-order valence-corrected chi connectivity index (χ1v) is 7.81. The molecule has 0 saturated carbocycles. The monoisotopic (exact) mass is 384 g/mol. The zero-order valence-corrected chi connectivity index (χ0v) is 14.6. The summed E-state index contributed by atoms with van der Waals surface area (Å²) < 4.78 is 11.5. The van der Waals surface area contributed by atoms with Gasteiger partial charge in [0, 0.05) is 18.3 Å². The van der Waals surface area contributed by atoms with E-state index in [0.717, 1.165) is 0 Å². The van der Waals surface area contributed by atoms with Gasteiger partial charge in [-0.25, -0.2) is 4.79 Å². The zero-order chi connectivity index (χ0) is 18.4. The molecule has 0 aliphatic carbocycles. The van der Waals surface area contributed by atoms with Gasteiger partial charge in [0.05, 0.1) is 5.02 Å². The molecule has 9 heteroatoms. The fourth-order valence-corrected chi connectivity index (χ4v) is 2.30. The molecule has 2 rings (SSSR count). The highest BCUT2D eigenvalue weighted by atomic mass is 35.5. The molecule has 0 fully saturated rings. The molecule has 132 valence electrons. The number of benzene rings is 1. The lowest BCUT2D eigenvalue weighted by atomic mass is 10.3. The van der Waals surface area contributed by atoms with Crippen molar-refractivity contribution >= 4 is 41.0 Å². The van der Waals surface area contributed by atoms with Crippen LogP contribution in [0.1, 0.15) is 10.5 Å². The van der Waals surface area contributed by atoms with E-state index in [0.29, 0.717) is 10.7 Å². The summed E-state index contributed by atoms with van der Waals surface area (Å²) in [5, 5.41) is 2.79. The maximum Gasteiger partial charge on any atom is 0.344 e. The highest BCUT2D eigenvalue weighted by Crippen LogP contribution is 2.27. The van der Waals surface area contributed by atoms with E-state index in [9.17, 15) is 14.4 Å². The second-order valence-corrected chi connectivity index (χ2v) is 5.75. The van der Waals surface area contributed by atoms with Gasteiger partial charge in [-0.15, -0.1) is 0 Å². The fraction of sp³-hybridized carbons (Fsp3) is 0.188. The zero-order valence-electron chi connectivity index (χ0n) is 13.1. The molecule has 1 N–H and O–H groups in total. The van der Waals surface area contributed by atoms with E-state index in [2.05, 4.69) is 5.32 Å². The van der Waals surface area contributed by atoms with Crippen molar-refractivity contribution in [1.82, 2.24) is 9.88 Å². The first-order chi connectivity index (χ1) is 11.9. The number of aromatic nitrogens is 1. The van der Waals surface area contributed by atoms with Crippen molar-refractivity contribution in [1.29, 1.82) is 0 Å². The van der Waals surface area contributed by atoms with Gasteiger partial charge in [-0.2, -0.15) is 0 Å². The Morgan fingerprint density at radius 1 is 1.16 bits per heavy atom. The third-order valence-electron chi connectivity index (χ3n) is 3.03. The minimum Gasteiger partial charge on any atom is -0.480 e. The Morgan fingerprint density at radius 3 is 2.56 bits per heavy atom. The van der Waals surface area contributed by atoms with E-state index in [1.165, 1.54) is 12.1 Å². The van der Waals surface area contributed by atoms with Crippen molar-refractivity contribution in [2.75, 3.05) is 13.2 Å². The van der Waals surface area contributed by atoms with Gasteiger partial charge >= 0.3 is 5.97 Å². The van der Waals surface area contributed by atoms with Gasteiger partial charge in [0.2, 0.25) is 0 Å². The van der Waals surface area contributed by atoms with Gasteiger partial charge in [0.25, 0.3) is 11.8 Å². The first-order valence-electron chi connectivity index (χ1n) is 7.06. The van der Waals surface area contributed by atoms with Crippen LogP contribution < -0.4 is 10.1 Å². The number of nitrogens with zero attached hydrogens (tertiary/aromatic N) is 1. The van der Waals surface area contributed by atoms with Gasteiger partial charge < -0.3 is 14.0 Å². The standard InChI is InChI=1S/C16H14Cl2N2O5/c1-20-6-2-3-12(20)16(23)19-14(21)8-25-15(22)9-24-13-5-4-10(17)7-11(13)18/h2-7H,8-9H2,1H3,(H,19,21,23). The minimum atomic E-state index is -0.785. The van der Waals surface area contributed by atoms with Crippen LogP contribution in [-0.4, -0.2) is 35.6 Å². The lowest BCUT2D eigenvalue weighted by Gasteiger charge is -2.09. The van der Waals surface area contributed by atoms with Crippen molar-refractivity contribution in [3.63, 3.8) is 0 Å². The van der Waals surface area contributed by atoms with Crippen molar-refractivity contribution < 1.29 is 23.9 Å². The highest BCUT2D eigenvalue weighted by molar-refractivity contribution is 6.35. The molecule has 0 spiro atoms. The quantitative estimate of drug-likeness (QED) is 0.771. The molecule has 25 heavy (non-hydrogen) atoms. The number of hydrogen-bond acceptors (Lipinski definition) is 5. The molecular formula is C16H14Cl2N2O5. The van der Waals surface area contributed by atoms with E-state index >= 15 is 0 Å². The van der Waals surface area contributed by atoms with Crippen LogP contribution in [0.25, 0.3) is 0 Å². The summed E-state index contributed by atoms with van der Waals surface area (Å²) in [5.41, 5.74) is 0.306. The van der Waals surface area contributed by atoms with E-state index in [1.54, 1.807) is 36.0 Å². The smallest absolute Gasteiger partial charge is 0.344 e. The van der Waals surface area contributed by atoms with E-state index in [-0.39, 0.29) is 10.8 Å². The van der Waals surface area contributed by atoms with E-state index < -0.39 is 31.0 Å². The van der Waals surface area contributed by atoms with E-state index in [4.69, 9.17) is 32.7 Å². The number of halogens is 2. The lowest BCUT2D eigenvalue weighted by Crippen LogP contribution is -2.35. The molecule has 0 saturated heterocycles. The van der Waals surface area contributed by atoms with Crippen LogP contribution in [0.4, 0.5) is 0 Å². The summed E-state index contributed by atoms with van der Waals surface area (Å²) in [7, 11) is 1.67. The van der Waals surface area contributed by atoms with Crippen LogP contribution in [0.15, 0.2) is 36.5 Å². The first kappa shape index (κ1) is 18.8. The number of carbonyl (C=O) groups excluding carboxylic acids is 3. The Bertz CT molecular complexity index is 804. The maximum absolute atomic E-state index is 11.8. The predicted molar refractivity (Wildman–Crippen MR) is 90.8 cm³/mol. The Hall–Kier alpha value is -2.51. The summed E-state index contributed by atoms with van der Waals surface area (Å²) in [4.78, 5) is 35.0. The Labute approximate surface area is 153 Å². The van der Waals surface area contributed by atoms with Gasteiger partial charge in [-0.3, -0.25) is 14.9 Å². The van der Waals surface area contributed by atoms with Gasteiger partial charge in [-0.05, 0) is 30.3 Å². The average molecular weight is 385 g/mol. The van der Waals surface area contributed by atoms with Gasteiger partial charge in [0.1, 0.15) is 11.4 Å². The number of imide groups is 1. The number of amides is 2. The summed E-state index contributed by atoms with van der Waals surface area (Å²) in [5.74, 6) is -1.86. The minimum absolute atomic E-state index is 0.242. The average Bonchev–Trinajstić information content (AvgIpc) is 2.98. The topological polar surface area (TPSA) is 86.6 Å². The molecular weight excluding hydrogens is 371 g/mol. The number of nitrogens with one attached hydrogen (secondary N) is 1. The molecule has 0 radical (unpaired) electrons. The molecule has 7 nitrogen and oxygen atoms in total. The molecule has 0 aliphatic rings. The SMILES string of the molecule is Cn1cccc1C(=O)NC(=O)COC(=O)COc1ccc(Cl)cc1Cl. The molecule has 2 amide bonds. The molecule has 1 heterocycles. The van der Waals surface area contributed by atoms with Gasteiger partial charge in [-0.1, -0.05) is 23.2 Å². The number of aryl methyl sites for hydroxylation is 1. The summed E-state index contributed by atoms with van der Waals surface area (Å²) in [6.45, 7) is -1.05. The number of ether oxygens (including phenoxy) is 2. The van der Waals surface area contributed by atoms with E-state index in [1.807, 2.05) is 0 Å². The second kappa shape index (κ2) is 8.55. The highest BCUT2D eigenvalue weighted by Gasteiger charge is 2.15. The summed E-state index contributed by atoms with van der Waals surface area (Å²) >= 11 is 11.6. The third kappa shape index (κ3) is 5.51. The van der Waals surface area contributed by atoms with Crippen LogP contribution >= 0.6 is 23.2 Å².